The van der Waals surface area contributed by atoms with Gasteiger partial charge in [-0.2, -0.15) is 0 Å². The first-order valence-electron chi connectivity index (χ1n) is 3.56. The predicted octanol–water partition coefficient (Wildman–Crippen LogP) is 0.405. The molecule has 0 radical (unpaired) electrons. The zero-order chi connectivity index (χ0) is 6.32. The van der Waals surface area contributed by atoms with Gasteiger partial charge in [0.25, 0.3) is 0 Å². The predicted molar refractivity (Wildman–Crippen MR) is 33.1 cm³/mol. The lowest BCUT2D eigenvalue weighted by atomic mass is 10.0. The molecular weight excluding hydrogens is 116 g/mol. The Labute approximate surface area is 54.8 Å². The number of aliphatic hydroxyl groups is 1. The lowest BCUT2D eigenvalue weighted by molar-refractivity contribution is 0.171. The van der Waals surface area contributed by atoms with Gasteiger partial charge in [-0.25, -0.2) is 0 Å². The van der Waals surface area contributed by atoms with Crippen molar-refractivity contribution < 1.29 is 9.84 Å². The summed E-state index contributed by atoms with van der Waals surface area (Å²) in [5.41, 5.74) is 0.439. The van der Waals surface area contributed by atoms with Crippen molar-refractivity contribution in [2.75, 3.05) is 19.8 Å². The van der Waals surface area contributed by atoms with Crippen LogP contribution in [-0.2, 0) is 4.74 Å². The molecule has 1 saturated carbocycles. The third-order valence-electron chi connectivity index (χ3n) is 2.71. The van der Waals surface area contributed by atoms with Gasteiger partial charge in [-0.15, -0.1) is 0 Å². The summed E-state index contributed by atoms with van der Waals surface area (Å²) >= 11 is 0. The number of ether oxygens (including phenoxy) is 1. The first kappa shape index (κ1) is 5.69. The molecule has 0 unspecified atom stereocenters. The minimum atomic E-state index is 0.364. The number of rotatable bonds is 1. The van der Waals surface area contributed by atoms with Gasteiger partial charge in [0.15, 0.2) is 0 Å². The zero-order valence-electron chi connectivity index (χ0n) is 5.47. The van der Waals surface area contributed by atoms with Gasteiger partial charge in [-0.1, -0.05) is 0 Å². The summed E-state index contributed by atoms with van der Waals surface area (Å²) in [6, 6.07) is 0. The van der Waals surface area contributed by atoms with E-state index in [1.165, 1.54) is 12.8 Å². The maximum Gasteiger partial charge on any atom is 0.0526 e. The van der Waals surface area contributed by atoms with E-state index in [2.05, 4.69) is 0 Å². The Kier molecular flexibility index (Phi) is 1.08. The van der Waals surface area contributed by atoms with Crippen LogP contribution in [-0.4, -0.2) is 24.9 Å². The third kappa shape index (κ3) is 0.700. The molecule has 1 saturated heterocycles. The average molecular weight is 128 g/mol. The van der Waals surface area contributed by atoms with E-state index in [1.54, 1.807) is 0 Å². The van der Waals surface area contributed by atoms with Gasteiger partial charge in [0.2, 0.25) is 0 Å². The fraction of sp³-hybridized carbons (Fsp3) is 1.00. The summed E-state index contributed by atoms with van der Waals surface area (Å²) in [6.07, 6.45) is 2.38. The highest BCUT2D eigenvalue weighted by Gasteiger charge is 2.55. The van der Waals surface area contributed by atoms with Gasteiger partial charge in [-0.3, -0.25) is 0 Å². The summed E-state index contributed by atoms with van der Waals surface area (Å²) in [4.78, 5) is 0. The summed E-state index contributed by atoms with van der Waals surface area (Å²) in [7, 11) is 0. The Morgan fingerprint density at radius 2 is 2.56 bits per heavy atom. The van der Waals surface area contributed by atoms with Gasteiger partial charge in [0, 0.05) is 18.6 Å². The molecule has 1 spiro atoms. The zero-order valence-corrected chi connectivity index (χ0v) is 5.47. The second-order valence-electron chi connectivity index (χ2n) is 3.25. The summed E-state index contributed by atoms with van der Waals surface area (Å²) < 4.78 is 5.24. The van der Waals surface area contributed by atoms with Crippen LogP contribution in [0.15, 0.2) is 0 Å². The van der Waals surface area contributed by atoms with Crippen LogP contribution in [0.4, 0.5) is 0 Å². The standard InChI is InChI=1S/C7H12O2/c8-4-6-3-7(6)1-2-9-5-7/h6,8H,1-5H2/t6-,7+/m0/s1. The minimum absolute atomic E-state index is 0.364. The van der Waals surface area contributed by atoms with Crippen molar-refractivity contribution in [3.8, 4) is 0 Å². The van der Waals surface area contributed by atoms with Gasteiger partial charge in [-0.05, 0) is 18.8 Å². The summed E-state index contributed by atoms with van der Waals surface area (Å²) in [6.45, 7) is 2.18. The minimum Gasteiger partial charge on any atom is -0.396 e. The molecule has 1 aliphatic heterocycles. The second kappa shape index (κ2) is 1.70. The van der Waals surface area contributed by atoms with E-state index in [9.17, 15) is 0 Å². The van der Waals surface area contributed by atoms with Crippen LogP contribution >= 0.6 is 0 Å². The smallest absolute Gasteiger partial charge is 0.0526 e. The van der Waals surface area contributed by atoms with Crippen molar-refractivity contribution in [1.29, 1.82) is 0 Å². The molecule has 1 heterocycles. The maximum absolute atomic E-state index is 8.78. The molecular formula is C7H12O2. The molecule has 2 rings (SSSR count). The summed E-state index contributed by atoms with van der Waals surface area (Å²) in [5, 5.41) is 8.78. The first-order chi connectivity index (χ1) is 4.37. The fourth-order valence-electron chi connectivity index (χ4n) is 1.80. The van der Waals surface area contributed by atoms with E-state index >= 15 is 0 Å². The quantitative estimate of drug-likeness (QED) is 0.554. The molecule has 1 aliphatic carbocycles. The highest BCUT2D eigenvalue weighted by atomic mass is 16.5. The monoisotopic (exact) mass is 128 g/mol. The van der Waals surface area contributed by atoms with Gasteiger partial charge >= 0.3 is 0 Å². The second-order valence-corrected chi connectivity index (χ2v) is 3.25. The largest absolute Gasteiger partial charge is 0.396 e. The van der Waals surface area contributed by atoms with Crippen molar-refractivity contribution in [1.82, 2.24) is 0 Å². The van der Waals surface area contributed by atoms with Crippen LogP contribution in [0.1, 0.15) is 12.8 Å². The Balaban J connectivity index is 1.97. The highest BCUT2D eigenvalue weighted by molar-refractivity contribution is 5.03. The molecule has 2 fully saturated rings. The van der Waals surface area contributed by atoms with E-state index in [0.29, 0.717) is 17.9 Å². The van der Waals surface area contributed by atoms with Gasteiger partial charge in [0.05, 0.1) is 6.61 Å². The van der Waals surface area contributed by atoms with Gasteiger partial charge < -0.3 is 9.84 Å². The van der Waals surface area contributed by atoms with Crippen LogP contribution in [0.2, 0.25) is 0 Å². The Bertz CT molecular complexity index is 116. The molecule has 0 amide bonds. The SMILES string of the molecule is OC[C@@H]1C[C@@]12CCOC2. The molecule has 52 valence electrons. The third-order valence-corrected chi connectivity index (χ3v) is 2.71. The topological polar surface area (TPSA) is 29.5 Å². The van der Waals surface area contributed by atoms with E-state index in [-0.39, 0.29) is 0 Å². The lowest BCUT2D eigenvalue weighted by Gasteiger charge is -2.01. The van der Waals surface area contributed by atoms with Crippen LogP contribution in [0, 0.1) is 11.3 Å². The number of hydrogen-bond donors (Lipinski definition) is 1. The van der Waals surface area contributed by atoms with Crippen LogP contribution in [0.25, 0.3) is 0 Å². The molecule has 0 aromatic carbocycles. The molecule has 2 heteroatoms. The summed E-state index contributed by atoms with van der Waals surface area (Å²) in [5.74, 6) is 0.569. The lowest BCUT2D eigenvalue weighted by Crippen LogP contribution is -2.04. The van der Waals surface area contributed by atoms with E-state index in [1.807, 2.05) is 0 Å². The number of aliphatic hydroxyl groups excluding tert-OH is 1. The Hall–Kier alpha value is -0.0800. The molecule has 2 nitrogen and oxygen atoms in total. The Morgan fingerprint density at radius 3 is 3.00 bits per heavy atom. The Morgan fingerprint density at radius 1 is 1.67 bits per heavy atom. The molecule has 9 heavy (non-hydrogen) atoms. The highest BCUT2D eigenvalue weighted by Crippen LogP contribution is 2.57. The van der Waals surface area contributed by atoms with E-state index in [0.717, 1.165) is 13.2 Å². The fourth-order valence-corrected chi connectivity index (χ4v) is 1.80. The molecule has 1 N–H and O–H groups in total. The van der Waals surface area contributed by atoms with Crippen LogP contribution in [0.3, 0.4) is 0 Å². The normalized spacial score (nSPS) is 48.3. The van der Waals surface area contributed by atoms with Crippen molar-refractivity contribution in [3.63, 3.8) is 0 Å². The van der Waals surface area contributed by atoms with Crippen LogP contribution < -0.4 is 0 Å². The van der Waals surface area contributed by atoms with E-state index < -0.39 is 0 Å². The average Bonchev–Trinajstić information content (AvgIpc) is 2.30. The molecule has 0 aromatic heterocycles. The van der Waals surface area contributed by atoms with E-state index in [4.69, 9.17) is 9.84 Å². The van der Waals surface area contributed by atoms with Crippen molar-refractivity contribution in [2.24, 2.45) is 11.3 Å². The van der Waals surface area contributed by atoms with Crippen molar-refractivity contribution in [3.05, 3.63) is 0 Å². The molecule has 0 aromatic rings. The molecule has 2 atom stereocenters. The van der Waals surface area contributed by atoms with Gasteiger partial charge in [0.1, 0.15) is 0 Å². The van der Waals surface area contributed by atoms with Crippen molar-refractivity contribution >= 4 is 0 Å². The molecule has 2 aliphatic rings. The molecule has 0 bridgehead atoms. The van der Waals surface area contributed by atoms with Crippen molar-refractivity contribution in [2.45, 2.75) is 12.8 Å². The van der Waals surface area contributed by atoms with Crippen LogP contribution in [0.5, 0.6) is 0 Å². The first-order valence-corrected chi connectivity index (χ1v) is 3.56. The maximum atomic E-state index is 8.78. The number of hydrogen-bond acceptors (Lipinski definition) is 2.